The Morgan fingerprint density at radius 3 is 2.76 bits per heavy atom. The van der Waals surface area contributed by atoms with Crippen LogP contribution < -0.4 is 10.1 Å². The third kappa shape index (κ3) is 3.06. The number of aromatic amines is 1. The normalized spacial score (nSPS) is 11.0. The molecule has 0 bridgehead atoms. The maximum Gasteiger partial charge on any atom is 0.139 e. The molecule has 4 aromatic rings. The minimum atomic E-state index is 0.476. The molecule has 0 fully saturated rings. The summed E-state index contributed by atoms with van der Waals surface area (Å²) in [6.45, 7) is 0. The van der Waals surface area contributed by atoms with Gasteiger partial charge >= 0.3 is 0 Å². The van der Waals surface area contributed by atoms with Gasteiger partial charge in [0.1, 0.15) is 5.75 Å². The lowest BCUT2D eigenvalue weighted by Crippen LogP contribution is -1.94. The van der Waals surface area contributed by atoms with Gasteiger partial charge in [-0.2, -0.15) is 0 Å². The van der Waals surface area contributed by atoms with Crippen LogP contribution in [0.5, 0.6) is 5.75 Å². The van der Waals surface area contributed by atoms with Crippen LogP contribution in [0, 0.1) is 0 Å². The van der Waals surface area contributed by atoms with Gasteiger partial charge in [0.05, 0.1) is 38.7 Å². The molecular weight excluding hydrogens is 377 g/mol. The van der Waals surface area contributed by atoms with Gasteiger partial charge in [0.15, 0.2) is 0 Å². The lowest BCUT2D eigenvalue weighted by molar-refractivity contribution is 0.415. The summed E-state index contributed by atoms with van der Waals surface area (Å²) < 4.78 is 6.33. The molecule has 0 atom stereocenters. The maximum absolute atomic E-state index is 6.33. The zero-order chi connectivity index (χ0) is 17.4. The standard InChI is InChI=1S/C18H13Cl2N3OS/c1-24-16-7-14(11(19)6-12(16)20)23-13-3-5-22-15-8-17(25-18(13)15)10-2-4-21-9-10/h2-9,21H,1H3,(H,22,23). The van der Waals surface area contributed by atoms with E-state index in [1.807, 2.05) is 24.5 Å². The van der Waals surface area contributed by atoms with Gasteiger partial charge in [-0.15, -0.1) is 11.3 Å². The van der Waals surface area contributed by atoms with Gasteiger partial charge in [0.2, 0.25) is 0 Å². The van der Waals surface area contributed by atoms with E-state index in [1.54, 1.807) is 36.8 Å². The fourth-order valence-electron chi connectivity index (χ4n) is 2.58. The summed E-state index contributed by atoms with van der Waals surface area (Å²) in [4.78, 5) is 8.70. The number of pyridine rings is 1. The molecule has 126 valence electrons. The number of thiophene rings is 1. The fraction of sp³-hybridized carbons (Fsp3) is 0.0556. The van der Waals surface area contributed by atoms with Crippen molar-refractivity contribution < 1.29 is 4.74 Å². The predicted molar refractivity (Wildman–Crippen MR) is 106 cm³/mol. The van der Waals surface area contributed by atoms with Gasteiger partial charge in [0, 0.05) is 35.1 Å². The van der Waals surface area contributed by atoms with E-state index in [4.69, 9.17) is 27.9 Å². The smallest absolute Gasteiger partial charge is 0.139 e. The number of halogens is 2. The summed E-state index contributed by atoms with van der Waals surface area (Å²) in [5.41, 5.74) is 3.73. The second kappa shape index (κ2) is 6.59. The summed E-state index contributed by atoms with van der Waals surface area (Å²) in [5.74, 6) is 0.568. The monoisotopic (exact) mass is 389 g/mol. The average molecular weight is 390 g/mol. The summed E-state index contributed by atoms with van der Waals surface area (Å²) >= 11 is 14.1. The number of fused-ring (bicyclic) bond motifs is 1. The van der Waals surface area contributed by atoms with E-state index in [1.165, 1.54) is 0 Å². The highest BCUT2D eigenvalue weighted by Gasteiger charge is 2.12. The van der Waals surface area contributed by atoms with Gasteiger partial charge in [-0.3, -0.25) is 4.98 Å². The van der Waals surface area contributed by atoms with Gasteiger partial charge in [-0.25, -0.2) is 0 Å². The highest BCUT2D eigenvalue weighted by atomic mass is 35.5. The number of aromatic nitrogens is 2. The average Bonchev–Trinajstić information content (AvgIpc) is 3.26. The van der Waals surface area contributed by atoms with E-state index in [0.717, 1.165) is 32.0 Å². The molecule has 0 saturated heterocycles. The number of hydrogen-bond donors (Lipinski definition) is 2. The topological polar surface area (TPSA) is 49.9 Å². The van der Waals surface area contributed by atoms with Crippen molar-refractivity contribution in [3.8, 4) is 16.2 Å². The van der Waals surface area contributed by atoms with Crippen LogP contribution in [0.25, 0.3) is 20.7 Å². The molecule has 0 unspecified atom stereocenters. The van der Waals surface area contributed by atoms with Crippen molar-refractivity contribution in [3.63, 3.8) is 0 Å². The molecule has 0 radical (unpaired) electrons. The number of methoxy groups -OCH3 is 1. The van der Waals surface area contributed by atoms with Crippen molar-refractivity contribution in [1.82, 2.24) is 9.97 Å². The van der Waals surface area contributed by atoms with Gasteiger partial charge in [-0.05, 0) is 24.3 Å². The van der Waals surface area contributed by atoms with Crippen LogP contribution in [0.15, 0.2) is 48.9 Å². The van der Waals surface area contributed by atoms with Crippen LogP contribution in [0.3, 0.4) is 0 Å². The molecular formula is C18H13Cl2N3OS. The maximum atomic E-state index is 6.33. The van der Waals surface area contributed by atoms with E-state index < -0.39 is 0 Å². The predicted octanol–water partition coefficient (Wildman–Crippen LogP) is 6.35. The van der Waals surface area contributed by atoms with E-state index in [2.05, 4.69) is 21.4 Å². The summed E-state index contributed by atoms with van der Waals surface area (Å²) in [7, 11) is 1.58. The Kier molecular flexibility index (Phi) is 4.29. The summed E-state index contributed by atoms with van der Waals surface area (Å²) in [5, 5.41) is 4.37. The molecule has 0 saturated carbocycles. The van der Waals surface area contributed by atoms with Gasteiger partial charge in [0.25, 0.3) is 0 Å². The lowest BCUT2D eigenvalue weighted by atomic mass is 10.2. The van der Waals surface area contributed by atoms with Crippen LogP contribution in [0.2, 0.25) is 10.0 Å². The third-order valence-electron chi connectivity index (χ3n) is 3.81. The van der Waals surface area contributed by atoms with E-state index in [-0.39, 0.29) is 0 Å². The van der Waals surface area contributed by atoms with Crippen LogP contribution >= 0.6 is 34.5 Å². The van der Waals surface area contributed by atoms with Crippen molar-refractivity contribution in [2.24, 2.45) is 0 Å². The Balaban J connectivity index is 1.77. The van der Waals surface area contributed by atoms with Crippen molar-refractivity contribution in [1.29, 1.82) is 0 Å². The molecule has 1 aromatic carbocycles. The molecule has 4 rings (SSSR count). The Labute approximate surface area is 158 Å². The molecule has 3 aromatic heterocycles. The molecule has 4 nitrogen and oxygen atoms in total. The number of rotatable bonds is 4. The van der Waals surface area contributed by atoms with Crippen LogP contribution in [0.4, 0.5) is 11.4 Å². The molecule has 7 heteroatoms. The van der Waals surface area contributed by atoms with Crippen molar-refractivity contribution in [3.05, 3.63) is 59.0 Å². The number of anilines is 2. The Hall–Kier alpha value is -2.21. The molecule has 25 heavy (non-hydrogen) atoms. The summed E-state index contributed by atoms with van der Waals surface area (Å²) in [6.07, 6.45) is 5.66. The molecule has 0 aliphatic heterocycles. The Bertz CT molecular complexity index is 1040. The molecule has 0 aliphatic rings. The number of nitrogens with one attached hydrogen (secondary N) is 2. The number of nitrogens with zero attached hydrogens (tertiary/aromatic N) is 1. The van der Waals surface area contributed by atoms with E-state index in [0.29, 0.717) is 15.8 Å². The van der Waals surface area contributed by atoms with Crippen molar-refractivity contribution in [2.45, 2.75) is 0 Å². The van der Waals surface area contributed by atoms with Crippen LogP contribution in [-0.2, 0) is 0 Å². The van der Waals surface area contributed by atoms with E-state index in [9.17, 15) is 0 Å². The van der Waals surface area contributed by atoms with Gasteiger partial charge in [-0.1, -0.05) is 23.2 Å². The first-order valence-corrected chi connectivity index (χ1v) is 9.04. The molecule has 2 N–H and O–H groups in total. The quantitative estimate of drug-likeness (QED) is 0.427. The summed E-state index contributed by atoms with van der Waals surface area (Å²) in [6, 6.07) is 9.51. The highest BCUT2D eigenvalue weighted by Crippen LogP contribution is 2.40. The van der Waals surface area contributed by atoms with Crippen molar-refractivity contribution >= 4 is 56.1 Å². The zero-order valence-electron chi connectivity index (χ0n) is 13.1. The second-order valence-corrected chi connectivity index (χ2v) is 7.24. The number of hydrogen-bond acceptors (Lipinski definition) is 4. The second-order valence-electron chi connectivity index (χ2n) is 5.37. The number of H-pyrrole nitrogens is 1. The zero-order valence-corrected chi connectivity index (χ0v) is 15.5. The Morgan fingerprint density at radius 1 is 1.12 bits per heavy atom. The largest absolute Gasteiger partial charge is 0.495 e. The lowest BCUT2D eigenvalue weighted by Gasteiger charge is -2.12. The first-order chi connectivity index (χ1) is 12.2. The number of benzene rings is 1. The fourth-order valence-corrected chi connectivity index (χ4v) is 4.17. The van der Waals surface area contributed by atoms with Crippen LogP contribution in [-0.4, -0.2) is 17.1 Å². The first kappa shape index (κ1) is 16.3. The molecule has 0 amide bonds. The molecule has 0 spiro atoms. The van der Waals surface area contributed by atoms with Crippen molar-refractivity contribution in [2.75, 3.05) is 12.4 Å². The highest BCUT2D eigenvalue weighted by molar-refractivity contribution is 7.22. The molecule has 0 aliphatic carbocycles. The first-order valence-electron chi connectivity index (χ1n) is 7.47. The SMILES string of the molecule is COc1cc(Nc2ccnc3cc(-c4cc[nH]c4)sc23)c(Cl)cc1Cl. The van der Waals surface area contributed by atoms with Gasteiger partial charge < -0.3 is 15.0 Å². The minimum absolute atomic E-state index is 0.476. The Morgan fingerprint density at radius 2 is 2.00 bits per heavy atom. The molecule has 3 heterocycles. The third-order valence-corrected chi connectivity index (χ3v) is 5.62. The van der Waals surface area contributed by atoms with E-state index >= 15 is 0 Å². The minimum Gasteiger partial charge on any atom is -0.495 e. The van der Waals surface area contributed by atoms with Crippen LogP contribution in [0.1, 0.15) is 0 Å². The number of ether oxygens (including phenoxy) is 1.